The van der Waals surface area contributed by atoms with E-state index in [9.17, 15) is 9.59 Å². The first-order chi connectivity index (χ1) is 7.58. The summed E-state index contributed by atoms with van der Waals surface area (Å²) < 4.78 is 0. The number of carbonyl (C=O) groups excluding carboxylic acids is 2. The van der Waals surface area contributed by atoms with Gasteiger partial charge >= 0.3 is 0 Å². The van der Waals surface area contributed by atoms with Crippen molar-refractivity contribution in [1.29, 1.82) is 0 Å². The third-order valence-corrected chi connectivity index (χ3v) is 2.69. The number of hydrogen-bond donors (Lipinski definition) is 2. The van der Waals surface area contributed by atoms with Gasteiger partial charge in [0.2, 0.25) is 11.8 Å². The molecule has 16 heavy (non-hydrogen) atoms. The Balaban J connectivity index is 2.20. The van der Waals surface area contributed by atoms with E-state index in [1.54, 1.807) is 12.1 Å². The minimum Gasteiger partial charge on any atom is -0.508 e. The third kappa shape index (κ3) is 1.84. The van der Waals surface area contributed by atoms with Crippen LogP contribution in [0.5, 0.6) is 5.75 Å². The van der Waals surface area contributed by atoms with Crippen molar-refractivity contribution >= 4 is 17.5 Å². The van der Waals surface area contributed by atoms with E-state index < -0.39 is 11.8 Å². The molecular weight excluding hydrogens is 208 g/mol. The lowest BCUT2D eigenvalue weighted by Crippen LogP contribution is -2.28. The first-order valence-corrected chi connectivity index (χ1v) is 4.96. The number of benzene rings is 1. The molecule has 0 aliphatic carbocycles. The quantitative estimate of drug-likeness (QED) is 0.748. The van der Waals surface area contributed by atoms with Crippen LogP contribution >= 0.6 is 0 Å². The van der Waals surface area contributed by atoms with E-state index in [0.29, 0.717) is 12.2 Å². The molecule has 0 unspecified atom stereocenters. The van der Waals surface area contributed by atoms with Crippen molar-refractivity contribution in [3.05, 3.63) is 24.3 Å². The summed E-state index contributed by atoms with van der Waals surface area (Å²) in [5, 5.41) is 9.13. The van der Waals surface area contributed by atoms with Crippen molar-refractivity contribution in [3.8, 4) is 5.75 Å². The number of amides is 2. The summed E-state index contributed by atoms with van der Waals surface area (Å²) in [5.41, 5.74) is 5.84. The van der Waals surface area contributed by atoms with Crippen LogP contribution < -0.4 is 10.6 Å². The van der Waals surface area contributed by atoms with E-state index in [0.717, 1.165) is 0 Å². The topological polar surface area (TPSA) is 83.6 Å². The minimum absolute atomic E-state index is 0.116. The lowest BCUT2D eigenvalue weighted by Gasteiger charge is -2.15. The predicted molar refractivity (Wildman–Crippen MR) is 57.8 cm³/mol. The molecule has 5 heteroatoms. The number of phenolic OH excluding ortho intramolecular Hbond substituents is 1. The standard InChI is InChI=1S/C11H12N2O3/c12-11(16)7-5-10(15)13(6-7)8-1-3-9(14)4-2-8/h1-4,7,14H,5-6H2,(H2,12,16)/t7-/m1/s1. The molecule has 1 aromatic rings. The zero-order chi connectivity index (χ0) is 11.7. The van der Waals surface area contributed by atoms with Crippen LogP contribution in [0.4, 0.5) is 5.69 Å². The number of nitrogens with two attached hydrogens (primary N) is 1. The van der Waals surface area contributed by atoms with E-state index in [-0.39, 0.29) is 18.1 Å². The Kier molecular flexibility index (Phi) is 2.52. The molecule has 0 bridgehead atoms. The maximum absolute atomic E-state index is 11.6. The Morgan fingerprint density at radius 1 is 1.38 bits per heavy atom. The summed E-state index contributed by atoms with van der Waals surface area (Å²) in [6.45, 7) is 0.318. The van der Waals surface area contributed by atoms with Crippen molar-refractivity contribution < 1.29 is 14.7 Å². The number of carbonyl (C=O) groups is 2. The van der Waals surface area contributed by atoms with Gasteiger partial charge in [-0.3, -0.25) is 9.59 Å². The Labute approximate surface area is 92.5 Å². The molecule has 1 fully saturated rings. The second kappa shape index (κ2) is 3.84. The second-order valence-electron chi connectivity index (χ2n) is 3.82. The maximum Gasteiger partial charge on any atom is 0.227 e. The van der Waals surface area contributed by atoms with Crippen LogP contribution in [0.15, 0.2) is 24.3 Å². The molecule has 1 heterocycles. The van der Waals surface area contributed by atoms with Gasteiger partial charge in [0.05, 0.1) is 5.92 Å². The fourth-order valence-corrected chi connectivity index (χ4v) is 1.78. The van der Waals surface area contributed by atoms with Gasteiger partial charge in [-0.2, -0.15) is 0 Å². The molecule has 0 saturated carbocycles. The molecule has 1 aromatic carbocycles. The van der Waals surface area contributed by atoms with Crippen molar-refractivity contribution in [2.75, 3.05) is 11.4 Å². The lowest BCUT2D eigenvalue weighted by atomic mass is 10.1. The highest BCUT2D eigenvalue weighted by molar-refractivity contribution is 6.00. The molecule has 3 N–H and O–H groups in total. The average molecular weight is 220 g/mol. The Morgan fingerprint density at radius 3 is 2.50 bits per heavy atom. The second-order valence-corrected chi connectivity index (χ2v) is 3.82. The molecule has 0 aromatic heterocycles. The predicted octanol–water partition coefficient (Wildman–Crippen LogP) is 0.230. The largest absolute Gasteiger partial charge is 0.508 e. The number of nitrogens with zero attached hydrogens (tertiary/aromatic N) is 1. The molecule has 2 rings (SSSR count). The highest BCUT2D eigenvalue weighted by Crippen LogP contribution is 2.26. The number of phenols is 1. The highest BCUT2D eigenvalue weighted by Gasteiger charge is 2.33. The summed E-state index contributed by atoms with van der Waals surface area (Å²) >= 11 is 0. The fraction of sp³-hybridized carbons (Fsp3) is 0.273. The van der Waals surface area contributed by atoms with Gasteiger partial charge in [-0.25, -0.2) is 0 Å². The third-order valence-electron chi connectivity index (χ3n) is 2.69. The van der Waals surface area contributed by atoms with Crippen LogP contribution in [0.25, 0.3) is 0 Å². The van der Waals surface area contributed by atoms with E-state index >= 15 is 0 Å². The Bertz CT molecular complexity index is 427. The molecule has 1 saturated heterocycles. The molecule has 2 amide bonds. The summed E-state index contributed by atoms with van der Waals surface area (Å²) in [6.07, 6.45) is 0.163. The van der Waals surface area contributed by atoms with Crippen molar-refractivity contribution in [2.24, 2.45) is 11.7 Å². The normalized spacial score (nSPS) is 20.1. The van der Waals surface area contributed by atoms with Crippen LogP contribution in [0.1, 0.15) is 6.42 Å². The van der Waals surface area contributed by atoms with E-state index in [1.807, 2.05) is 0 Å². The summed E-state index contributed by atoms with van der Waals surface area (Å²) in [6, 6.07) is 6.27. The van der Waals surface area contributed by atoms with Crippen LogP contribution in [0, 0.1) is 5.92 Å². The first-order valence-electron chi connectivity index (χ1n) is 4.96. The molecular formula is C11H12N2O3. The summed E-state index contributed by atoms with van der Waals surface area (Å²) in [5.74, 6) is -0.840. The Hall–Kier alpha value is -2.04. The van der Waals surface area contributed by atoms with Gasteiger partial charge in [-0.1, -0.05) is 0 Å². The molecule has 0 radical (unpaired) electrons. The molecule has 1 aliphatic rings. The molecule has 84 valence electrons. The highest BCUT2D eigenvalue weighted by atomic mass is 16.3. The number of primary amides is 1. The smallest absolute Gasteiger partial charge is 0.227 e. The van der Waals surface area contributed by atoms with Crippen LogP contribution in [0.2, 0.25) is 0 Å². The van der Waals surface area contributed by atoms with Gasteiger partial charge in [0, 0.05) is 18.7 Å². The van der Waals surface area contributed by atoms with Gasteiger partial charge < -0.3 is 15.7 Å². The number of anilines is 1. The van der Waals surface area contributed by atoms with E-state index in [2.05, 4.69) is 0 Å². The van der Waals surface area contributed by atoms with Gasteiger partial charge in [0.25, 0.3) is 0 Å². The number of hydrogen-bond acceptors (Lipinski definition) is 3. The van der Waals surface area contributed by atoms with Crippen LogP contribution in [-0.2, 0) is 9.59 Å². The molecule has 5 nitrogen and oxygen atoms in total. The van der Waals surface area contributed by atoms with Gasteiger partial charge in [-0.15, -0.1) is 0 Å². The van der Waals surface area contributed by atoms with Crippen molar-refractivity contribution in [3.63, 3.8) is 0 Å². The van der Waals surface area contributed by atoms with Gasteiger partial charge in [0.1, 0.15) is 5.75 Å². The minimum atomic E-state index is -0.449. The monoisotopic (exact) mass is 220 g/mol. The zero-order valence-corrected chi connectivity index (χ0v) is 8.59. The molecule has 1 aliphatic heterocycles. The average Bonchev–Trinajstić information content (AvgIpc) is 2.62. The van der Waals surface area contributed by atoms with Crippen molar-refractivity contribution in [1.82, 2.24) is 0 Å². The first kappa shape index (κ1) is 10.5. The van der Waals surface area contributed by atoms with E-state index in [1.165, 1.54) is 17.0 Å². The summed E-state index contributed by atoms with van der Waals surface area (Å²) in [4.78, 5) is 24.1. The Morgan fingerprint density at radius 2 is 2.00 bits per heavy atom. The molecule has 1 atom stereocenters. The van der Waals surface area contributed by atoms with Crippen molar-refractivity contribution in [2.45, 2.75) is 6.42 Å². The maximum atomic E-state index is 11.6. The lowest BCUT2D eigenvalue weighted by molar-refractivity contribution is -0.123. The molecule has 0 spiro atoms. The zero-order valence-electron chi connectivity index (χ0n) is 8.59. The summed E-state index contributed by atoms with van der Waals surface area (Å²) in [7, 11) is 0. The van der Waals surface area contributed by atoms with Crippen LogP contribution in [0.3, 0.4) is 0 Å². The fourth-order valence-electron chi connectivity index (χ4n) is 1.78. The number of rotatable bonds is 2. The SMILES string of the molecule is NC(=O)[C@@H]1CC(=O)N(c2ccc(O)cc2)C1. The van der Waals surface area contributed by atoms with Gasteiger partial charge in [0.15, 0.2) is 0 Å². The van der Waals surface area contributed by atoms with Gasteiger partial charge in [-0.05, 0) is 24.3 Å². The van der Waals surface area contributed by atoms with Crippen LogP contribution in [-0.4, -0.2) is 23.5 Å². The van der Waals surface area contributed by atoms with E-state index in [4.69, 9.17) is 10.8 Å². The number of aromatic hydroxyl groups is 1.